The summed E-state index contributed by atoms with van der Waals surface area (Å²) >= 11 is 1.51. The van der Waals surface area contributed by atoms with Crippen molar-refractivity contribution in [1.82, 2.24) is 25.9 Å². The number of amides is 3. The number of nitrogens with two attached hydrogens (primary N) is 1. The molecule has 0 radical (unpaired) electrons. The first-order valence-electron chi connectivity index (χ1n) is 9.62. The third-order valence-electron chi connectivity index (χ3n) is 4.33. The summed E-state index contributed by atoms with van der Waals surface area (Å²) in [6.07, 6.45) is 4.06. The van der Waals surface area contributed by atoms with Gasteiger partial charge in [0, 0.05) is 18.3 Å². The van der Waals surface area contributed by atoms with Gasteiger partial charge in [0.2, 0.25) is 17.7 Å². The average Bonchev–Trinajstić information content (AvgIpc) is 3.23. The van der Waals surface area contributed by atoms with Gasteiger partial charge in [0.05, 0.1) is 18.8 Å². The van der Waals surface area contributed by atoms with E-state index >= 15 is 0 Å². The van der Waals surface area contributed by atoms with Gasteiger partial charge in [0.25, 0.3) is 0 Å². The molecule has 1 rings (SSSR count). The van der Waals surface area contributed by atoms with Crippen molar-refractivity contribution in [3.05, 3.63) is 18.2 Å². The Hall–Kier alpha value is -3.13. The second kappa shape index (κ2) is 13.3. The van der Waals surface area contributed by atoms with E-state index < -0.39 is 60.2 Å². The van der Waals surface area contributed by atoms with Gasteiger partial charge >= 0.3 is 11.9 Å². The Balaban J connectivity index is 2.78. The van der Waals surface area contributed by atoms with E-state index in [0.717, 1.165) is 0 Å². The maximum Gasteiger partial charge on any atom is 0.326 e. The average molecular weight is 473 g/mol. The Kier molecular flexibility index (Phi) is 11.2. The molecule has 3 amide bonds. The molecule has 1 aromatic heterocycles. The Morgan fingerprint density at radius 2 is 1.75 bits per heavy atom. The molecule has 4 atom stereocenters. The number of carbonyl (C=O) groups is 5. The van der Waals surface area contributed by atoms with E-state index in [9.17, 15) is 29.1 Å². The lowest BCUT2D eigenvalue weighted by atomic mass is 10.1. The molecule has 32 heavy (non-hydrogen) atoms. The molecular weight excluding hydrogens is 444 g/mol. The molecule has 13 nitrogen and oxygen atoms in total. The number of carboxylic acids is 2. The van der Waals surface area contributed by atoms with E-state index in [1.807, 2.05) is 6.26 Å². The first kappa shape index (κ1) is 26.9. The predicted molar refractivity (Wildman–Crippen MR) is 115 cm³/mol. The molecule has 178 valence electrons. The van der Waals surface area contributed by atoms with E-state index in [-0.39, 0.29) is 6.42 Å². The Morgan fingerprint density at radius 1 is 1.09 bits per heavy atom. The molecule has 0 spiro atoms. The third-order valence-corrected chi connectivity index (χ3v) is 4.97. The van der Waals surface area contributed by atoms with Gasteiger partial charge in [-0.1, -0.05) is 0 Å². The number of aromatic nitrogens is 2. The zero-order chi connectivity index (χ0) is 24.3. The highest BCUT2D eigenvalue weighted by atomic mass is 32.2. The van der Waals surface area contributed by atoms with Gasteiger partial charge < -0.3 is 36.9 Å². The third kappa shape index (κ3) is 9.34. The molecule has 14 heteroatoms. The Morgan fingerprint density at radius 3 is 2.28 bits per heavy atom. The van der Waals surface area contributed by atoms with Gasteiger partial charge in [-0.25, -0.2) is 9.78 Å². The lowest BCUT2D eigenvalue weighted by Crippen LogP contribution is -2.57. The van der Waals surface area contributed by atoms with Gasteiger partial charge in [-0.15, -0.1) is 0 Å². The van der Waals surface area contributed by atoms with Crippen LogP contribution in [0.15, 0.2) is 12.5 Å². The van der Waals surface area contributed by atoms with Crippen molar-refractivity contribution in [2.75, 3.05) is 12.0 Å². The fourth-order valence-electron chi connectivity index (χ4n) is 2.53. The smallest absolute Gasteiger partial charge is 0.326 e. The molecule has 8 N–H and O–H groups in total. The lowest BCUT2D eigenvalue weighted by Gasteiger charge is -2.22. The number of nitrogens with zero attached hydrogens (tertiary/aromatic N) is 1. The minimum Gasteiger partial charge on any atom is -0.481 e. The van der Waals surface area contributed by atoms with Crippen LogP contribution in [-0.4, -0.2) is 86.0 Å². The van der Waals surface area contributed by atoms with E-state index in [1.54, 1.807) is 0 Å². The van der Waals surface area contributed by atoms with Crippen LogP contribution in [0.4, 0.5) is 0 Å². The highest BCUT2D eigenvalue weighted by Gasteiger charge is 2.30. The molecule has 0 fully saturated rings. The van der Waals surface area contributed by atoms with Crippen LogP contribution in [0.25, 0.3) is 0 Å². The van der Waals surface area contributed by atoms with Crippen molar-refractivity contribution < 1.29 is 34.2 Å². The molecule has 0 aromatic carbocycles. The maximum absolute atomic E-state index is 12.5. The largest absolute Gasteiger partial charge is 0.481 e. The minimum absolute atomic E-state index is 0.130. The number of imidazole rings is 1. The van der Waals surface area contributed by atoms with E-state index in [4.69, 9.17) is 10.8 Å². The number of thioether (sulfide) groups is 1. The van der Waals surface area contributed by atoms with Gasteiger partial charge in [-0.3, -0.25) is 19.2 Å². The first-order valence-corrected chi connectivity index (χ1v) is 11.0. The second-order valence-electron chi connectivity index (χ2n) is 6.96. The van der Waals surface area contributed by atoms with E-state index in [0.29, 0.717) is 17.9 Å². The summed E-state index contributed by atoms with van der Waals surface area (Å²) in [5.74, 6) is -4.47. The normalized spacial score (nSPS) is 14.5. The van der Waals surface area contributed by atoms with Crippen LogP contribution in [0.1, 0.15) is 25.5 Å². The SMILES string of the molecule is CSCCC(N)C(=O)NC(C)C(=O)NC(CC(=O)O)C(=O)NC(Cc1cnc[nH]1)C(=O)O. The predicted octanol–water partition coefficient (Wildman–Crippen LogP) is -1.93. The van der Waals surface area contributed by atoms with E-state index in [2.05, 4.69) is 25.9 Å². The molecule has 0 aliphatic heterocycles. The Bertz CT molecular complexity index is 804. The van der Waals surface area contributed by atoms with Crippen LogP contribution in [0.5, 0.6) is 0 Å². The van der Waals surface area contributed by atoms with Crippen LogP contribution >= 0.6 is 11.8 Å². The summed E-state index contributed by atoms with van der Waals surface area (Å²) < 4.78 is 0. The van der Waals surface area contributed by atoms with Gasteiger partial charge in [0.1, 0.15) is 18.1 Å². The van der Waals surface area contributed by atoms with Crippen LogP contribution in [-0.2, 0) is 30.4 Å². The van der Waals surface area contributed by atoms with Crippen molar-refractivity contribution in [3.8, 4) is 0 Å². The summed E-state index contributed by atoms with van der Waals surface area (Å²) in [6.45, 7) is 1.35. The number of aromatic amines is 1. The maximum atomic E-state index is 12.5. The standard InChI is InChI=1S/C18H28N6O7S/c1-9(22-16(28)11(19)3-4-32-2)15(27)23-12(6-14(25)26)17(29)24-13(18(30)31)5-10-7-20-8-21-10/h7-9,11-13H,3-6,19H2,1-2H3,(H,20,21)(H,22,28)(H,23,27)(H,24,29)(H,25,26)(H,30,31). The molecular formula is C18H28N6O7S. The number of carbonyl (C=O) groups excluding carboxylic acids is 3. The summed E-state index contributed by atoms with van der Waals surface area (Å²) in [6, 6.07) is -4.88. The number of hydrogen-bond acceptors (Lipinski definition) is 8. The number of nitrogens with one attached hydrogen (secondary N) is 4. The zero-order valence-corrected chi connectivity index (χ0v) is 18.5. The summed E-state index contributed by atoms with van der Waals surface area (Å²) in [7, 11) is 0. The number of aliphatic carboxylic acids is 2. The zero-order valence-electron chi connectivity index (χ0n) is 17.7. The molecule has 0 aliphatic rings. The van der Waals surface area contributed by atoms with Gasteiger partial charge in [-0.2, -0.15) is 11.8 Å². The number of H-pyrrole nitrogens is 1. The molecule has 0 aliphatic carbocycles. The van der Waals surface area contributed by atoms with Crippen LogP contribution in [0, 0.1) is 0 Å². The topological polar surface area (TPSA) is 217 Å². The van der Waals surface area contributed by atoms with Crippen LogP contribution < -0.4 is 21.7 Å². The number of rotatable bonds is 14. The Labute approximate surface area is 188 Å². The number of hydrogen-bond donors (Lipinski definition) is 7. The highest BCUT2D eigenvalue weighted by molar-refractivity contribution is 7.98. The summed E-state index contributed by atoms with van der Waals surface area (Å²) in [5.41, 5.74) is 6.18. The monoisotopic (exact) mass is 472 g/mol. The fraction of sp³-hybridized carbons (Fsp3) is 0.556. The summed E-state index contributed by atoms with van der Waals surface area (Å²) in [4.78, 5) is 66.1. The van der Waals surface area contributed by atoms with Crippen molar-refractivity contribution in [3.63, 3.8) is 0 Å². The van der Waals surface area contributed by atoms with E-state index in [1.165, 1.54) is 31.2 Å². The highest BCUT2D eigenvalue weighted by Crippen LogP contribution is 2.03. The first-order chi connectivity index (χ1) is 15.0. The van der Waals surface area contributed by atoms with Crippen LogP contribution in [0.3, 0.4) is 0 Å². The molecule has 4 unspecified atom stereocenters. The quantitative estimate of drug-likeness (QED) is 0.159. The lowest BCUT2D eigenvalue weighted by molar-refractivity contribution is -0.143. The number of carboxylic acid groups (broad SMARTS) is 2. The van der Waals surface area contributed by atoms with Crippen molar-refractivity contribution in [2.24, 2.45) is 5.73 Å². The van der Waals surface area contributed by atoms with Gasteiger partial charge in [0.15, 0.2) is 0 Å². The molecule has 0 saturated carbocycles. The summed E-state index contributed by atoms with van der Waals surface area (Å²) in [5, 5.41) is 25.3. The van der Waals surface area contributed by atoms with Crippen molar-refractivity contribution >= 4 is 41.4 Å². The van der Waals surface area contributed by atoms with Crippen molar-refractivity contribution in [2.45, 2.75) is 50.4 Å². The molecule has 0 bridgehead atoms. The van der Waals surface area contributed by atoms with Crippen molar-refractivity contribution in [1.29, 1.82) is 0 Å². The fourth-order valence-corrected chi connectivity index (χ4v) is 3.02. The van der Waals surface area contributed by atoms with Gasteiger partial charge in [-0.05, 0) is 25.4 Å². The molecule has 0 saturated heterocycles. The molecule has 1 heterocycles. The second-order valence-corrected chi connectivity index (χ2v) is 7.94. The minimum atomic E-state index is -1.56. The van der Waals surface area contributed by atoms with Crippen LogP contribution in [0.2, 0.25) is 0 Å². The molecule has 1 aromatic rings.